The van der Waals surface area contributed by atoms with Gasteiger partial charge in [-0.25, -0.2) is 4.98 Å². The number of nitrogens with one attached hydrogen (secondary N) is 1. The number of para-hydroxylation sites is 2. The van der Waals surface area contributed by atoms with Crippen LogP contribution in [0.15, 0.2) is 78.2 Å². The molecule has 6 heteroatoms. The zero-order chi connectivity index (χ0) is 19.8. The number of anilines is 1. The standard InChI is InChI=1S/C23H15ClN2O2S/c24-15-11-9-14(10-12-15)18-13-29-23(25-18)26-22(27)21-16-5-1-3-7-19(16)28-20-8-4-2-6-17(20)21/h1-13,21H,(H,25,26,27). The van der Waals surface area contributed by atoms with Crippen LogP contribution in [0.3, 0.4) is 0 Å². The van der Waals surface area contributed by atoms with Crippen LogP contribution in [-0.2, 0) is 4.79 Å². The maximum atomic E-state index is 13.3. The first-order valence-corrected chi connectivity index (χ1v) is 10.3. The van der Waals surface area contributed by atoms with Crippen LogP contribution in [0.5, 0.6) is 11.5 Å². The topological polar surface area (TPSA) is 51.2 Å². The Bertz CT molecular complexity index is 1160. The fourth-order valence-electron chi connectivity index (χ4n) is 3.45. The van der Waals surface area contributed by atoms with Gasteiger partial charge in [-0.1, -0.05) is 60.1 Å². The number of thiazole rings is 1. The molecule has 4 aromatic rings. The Balaban J connectivity index is 1.45. The highest BCUT2D eigenvalue weighted by Crippen LogP contribution is 2.44. The van der Waals surface area contributed by atoms with E-state index in [1.165, 1.54) is 11.3 Å². The Morgan fingerprint density at radius 3 is 2.21 bits per heavy atom. The Labute approximate surface area is 176 Å². The Kier molecular flexibility index (Phi) is 4.54. The number of benzene rings is 3. The smallest absolute Gasteiger partial charge is 0.238 e. The number of halogens is 1. The van der Waals surface area contributed by atoms with Crippen LogP contribution < -0.4 is 10.1 Å². The number of amides is 1. The molecular formula is C23H15ClN2O2S. The molecule has 0 unspecified atom stereocenters. The van der Waals surface area contributed by atoms with E-state index in [1.807, 2.05) is 78.2 Å². The fraction of sp³-hybridized carbons (Fsp3) is 0.0435. The molecule has 29 heavy (non-hydrogen) atoms. The van der Waals surface area contributed by atoms with Crippen molar-refractivity contribution in [1.29, 1.82) is 0 Å². The minimum atomic E-state index is -0.459. The van der Waals surface area contributed by atoms with Crippen molar-refractivity contribution in [1.82, 2.24) is 4.98 Å². The number of ether oxygens (including phenoxy) is 1. The van der Waals surface area contributed by atoms with Crippen molar-refractivity contribution < 1.29 is 9.53 Å². The molecule has 0 radical (unpaired) electrons. The molecule has 1 aliphatic rings. The van der Waals surface area contributed by atoms with Gasteiger partial charge in [0.05, 0.1) is 11.6 Å². The molecule has 0 saturated carbocycles. The van der Waals surface area contributed by atoms with Gasteiger partial charge < -0.3 is 10.1 Å². The van der Waals surface area contributed by atoms with Crippen LogP contribution in [0.1, 0.15) is 17.0 Å². The van der Waals surface area contributed by atoms with Crippen LogP contribution in [0, 0.1) is 0 Å². The van der Waals surface area contributed by atoms with Crippen molar-refractivity contribution in [2.45, 2.75) is 5.92 Å². The summed E-state index contributed by atoms with van der Waals surface area (Å²) >= 11 is 7.35. The number of aromatic nitrogens is 1. The largest absolute Gasteiger partial charge is 0.457 e. The van der Waals surface area contributed by atoms with Gasteiger partial charge in [0.15, 0.2) is 5.13 Å². The second kappa shape index (κ2) is 7.35. The van der Waals surface area contributed by atoms with E-state index in [0.29, 0.717) is 21.7 Å². The molecule has 3 aromatic carbocycles. The maximum absolute atomic E-state index is 13.3. The van der Waals surface area contributed by atoms with Crippen LogP contribution in [0.2, 0.25) is 5.02 Å². The number of rotatable bonds is 3. The molecule has 1 aliphatic heterocycles. The third-order valence-corrected chi connectivity index (χ3v) is 5.83. The fourth-order valence-corrected chi connectivity index (χ4v) is 4.30. The normalized spacial score (nSPS) is 12.6. The van der Waals surface area contributed by atoms with Gasteiger partial charge in [0.1, 0.15) is 11.5 Å². The van der Waals surface area contributed by atoms with Crippen molar-refractivity contribution in [3.8, 4) is 22.8 Å². The lowest BCUT2D eigenvalue weighted by atomic mass is 9.87. The van der Waals surface area contributed by atoms with Crippen molar-refractivity contribution in [3.05, 3.63) is 94.3 Å². The van der Waals surface area contributed by atoms with Crippen LogP contribution in [0.25, 0.3) is 11.3 Å². The maximum Gasteiger partial charge on any atom is 0.238 e. The lowest BCUT2D eigenvalue weighted by Crippen LogP contribution is -2.25. The molecule has 0 spiro atoms. The van der Waals surface area contributed by atoms with Crippen molar-refractivity contribution in [2.24, 2.45) is 0 Å². The highest BCUT2D eigenvalue weighted by atomic mass is 35.5. The lowest BCUT2D eigenvalue weighted by Gasteiger charge is -2.27. The van der Waals surface area contributed by atoms with Crippen LogP contribution >= 0.6 is 22.9 Å². The number of nitrogens with zero attached hydrogens (tertiary/aromatic N) is 1. The summed E-state index contributed by atoms with van der Waals surface area (Å²) in [4.78, 5) is 17.8. The second-order valence-corrected chi connectivity index (χ2v) is 7.94. The summed E-state index contributed by atoms with van der Waals surface area (Å²) in [5.74, 6) is 0.809. The number of hydrogen-bond donors (Lipinski definition) is 1. The molecule has 0 fully saturated rings. The summed E-state index contributed by atoms with van der Waals surface area (Å²) in [5, 5.41) is 6.14. The average molecular weight is 419 g/mol. The van der Waals surface area contributed by atoms with Crippen LogP contribution in [0.4, 0.5) is 5.13 Å². The minimum Gasteiger partial charge on any atom is -0.457 e. The third-order valence-electron chi connectivity index (χ3n) is 4.82. The molecule has 1 N–H and O–H groups in total. The predicted octanol–water partition coefficient (Wildman–Crippen LogP) is 6.34. The Morgan fingerprint density at radius 1 is 0.931 bits per heavy atom. The number of carbonyl (C=O) groups excluding carboxylic acids is 1. The number of carbonyl (C=O) groups is 1. The quantitative estimate of drug-likeness (QED) is 0.422. The molecule has 2 heterocycles. The molecule has 142 valence electrons. The highest BCUT2D eigenvalue weighted by Gasteiger charge is 2.32. The van der Waals surface area contributed by atoms with E-state index in [1.54, 1.807) is 0 Å². The van der Waals surface area contributed by atoms with Crippen LogP contribution in [-0.4, -0.2) is 10.9 Å². The average Bonchev–Trinajstić information content (AvgIpc) is 3.20. The SMILES string of the molecule is O=C(Nc1nc(-c2ccc(Cl)cc2)cs1)C1c2ccccc2Oc2ccccc21. The van der Waals surface area contributed by atoms with E-state index < -0.39 is 5.92 Å². The molecule has 0 saturated heterocycles. The second-order valence-electron chi connectivity index (χ2n) is 6.64. The molecule has 0 aliphatic carbocycles. The summed E-state index contributed by atoms with van der Waals surface area (Å²) in [6.45, 7) is 0. The van der Waals surface area contributed by atoms with E-state index >= 15 is 0 Å². The van der Waals surface area contributed by atoms with Gasteiger partial charge in [0, 0.05) is 27.1 Å². The lowest BCUT2D eigenvalue weighted by molar-refractivity contribution is -0.116. The number of fused-ring (bicyclic) bond motifs is 2. The van der Waals surface area contributed by atoms with E-state index in [2.05, 4.69) is 10.3 Å². The third kappa shape index (κ3) is 3.39. The van der Waals surface area contributed by atoms with E-state index in [9.17, 15) is 4.79 Å². The molecule has 0 bridgehead atoms. The molecule has 1 amide bonds. The van der Waals surface area contributed by atoms with Gasteiger partial charge in [-0.3, -0.25) is 4.79 Å². The van der Waals surface area contributed by atoms with Crippen molar-refractivity contribution >= 4 is 34.0 Å². The highest BCUT2D eigenvalue weighted by molar-refractivity contribution is 7.14. The van der Waals surface area contributed by atoms with Gasteiger partial charge in [-0.15, -0.1) is 11.3 Å². The van der Waals surface area contributed by atoms with E-state index in [4.69, 9.17) is 16.3 Å². The molecule has 4 nitrogen and oxygen atoms in total. The van der Waals surface area contributed by atoms with E-state index in [-0.39, 0.29) is 5.91 Å². The van der Waals surface area contributed by atoms with Gasteiger partial charge in [-0.05, 0) is 24.3 Å². The summed E-state index contributed by atoms with van der Waals surface area (Å²) in [7, 11) is 0. The Hall–Kier alpha value is -3.15. The van der Waals surface area contributed by atoms with Gasteiger partial charge in [0.2, 0.25) is 5.91 Å². The first kappa shape index (κ1) is 17.9. The van der Waals surface area contributed by atoms with Gasteiger partial charge in [0.25, 0.3) is 0 Å². The van der Waals surface area contributed by atoms with Gasteiger partial charge in [-0.2, -0.15) is 0 Å². The zero-order valence-electron chi connectivity index (χ0n) is 15.1. The molecule has 0 atom stereocenters. The Morgan fingerprint density at radius 2 is 1.55 bits per heavy atom. The van der Waals surface area contributed by atoms with Crippen molar-refractivity contribution in [2.75, 3.05) is 5.32 Å². The first-order chi connectivity index (χ1) is 14.2. The molecule has 5 rings (SSSR count). The first-order valence-electron chi connectivity index (χ1n) is 9.07. The minimum absolute atomic E-state index is 0.134. The summed E-state index contributed by atoms with van der Waals surface area (Å²) in [6.07, 6.45) is 0. The van der Waals surface area contributed by atoms with Gasteiger partial charge >= 0.3 is 0 Å². The number of hydrogen-bond acceptors (Lipinski definition) is 4. The summed E-state index contributed by atoms with van der Waals surface area (Å²) < 4.78 is 5.98. The zero-order valence-corrected chi connectivity index (χ0v) is 16.7. The summed E-state index contributed by atoms with van der Waals surface area (Å²) in [6, 6.07) is 22.7. The molecule has 1 aromatic heterocycles. The monoisotopic (exact) mass is 418 g/mol. The predicted molar refractivity (Wildman–Crippen MR) is 116 cm³/mol. The molecular weight excluding hydrogens is 404 g/mol. The van der Waals surface area contributed by atoms with Crippen molar-refractivity contribution in [3.63, 3.8) is 0 Å². The van der Waals surface area contributed by atoms with E-state index in [0.717, 1.165) is 22.4 Å². The summed E-state index contributed by atoms with van der Waals surface area (Å²) in [5.41, 5.74) is 3.44.